The van der Waals surface area contributed by atoms with Crippen LogP contribution in [0.25, 0.3) is 10.8 Å². The molecular weight excluding hydrogens is 339 g/mol. The number of rotatable bonds is 4. The monoisotopic (exact) mass is 358 g/mol. The lowest BCUT2D eigenvalue weighted by atomic mass is 10.1. The number of ether oxygens (including phenoxy) is 1. The van der Waals surface area contributed by atoms with E-state index in [1.165, 1.54) is 0 Å². The van der Waals surface area contributed by atoms with E-state index in [9.17, 15) is 4.57 Å². The van der Waals surface area contributed by atoms with Crippen LogP contribution in [0.1, 0.15) is 0 Å². The Hall–Kier alpha value is -2.83. The van der Waals surface area contributed by atoms with Crippen molar-refractivity contribution in [1.29, 1.82) is 0 Å². The van der Waals surface area contributed by atoms with E-state index >= 15 is 0 Å². The summed E-state index contributed by atoms with van der Waals surface area (Å²) >= 11 is 0. The molecule has 3 heteroatoms. The van der Waals surface area contributed by atoms with Crippen molar-refractivity contribution in [3.8, 4) is 5.75 Å². The van der Waals surface area contributed by atoms with E-state index in [1.54, 1.807) is 7.11 Å². The van der Waals surface area contributed by atoms with Crippen molar-refractivity contribution in [3.05, 3.63) is 97.1 Å². The molecule has 4 rings (SSSR count). The van der Waals surface area contributed by atoms with Gasteiger partial charge in [-0.25, -0.2) is 0 Å². The van der Waals surface area contributed by atoms with Crippen LogP contribution >= 0.6 is 7.14 Å². The van der Waals surface area contributed by atoms with Gasteiger partial charge in [0.2, 0.25) is 0 Å². The normalized spacial score (nSPS) is 13.3. The quantitative estimate of drug-likeness (QED) is 0.503. The number of hydrogen-bond acceptors (Lipinski definition) is 2. The fourth-order valence-corrected chi connectivity index (χ4v) is 6.15. The minimum atomic E-state index is -3.06. The second-order valence-electron chi connectivity index (χ2n) is 6.15. The fourth-order valence-electron chi connectivity index (χ4n) is 3.33. The zero-order valence-corrected chi connectivity index (χ0v) is 15.4. The second-order valence-corrected chi connectivity index (χ2v) is 8.88. The number of fused-ring (bicyclic) bond motifs is 1. The highest BCUT2D eigenvalue weighted by molar-refractivity contribution is 7.85. The summed E-state index contributed by atoms with van der Waals surface area (Å²) in [4.78, 5) is 0. The van der Waals surface area contributed by atoms with Crippen molar-refractivity contribution >= 4 is 33.8 Å². The SMILES string of the molecule is COc1ccccc1[P@@](=O)(c1ccccc1)c1ccc2ccccc2c1. The molecule has 26 heavy (non-hydrogen) atoms. The molecule has 1 atom stereocenters. The first-order chi connectivity index (χ1) is 12.7. The van der Waals surface area contributed by atoms with Gasteiger partial charge in [-0.05, 0) is 29.0 Å². The van der Waals surface area contributed by atoms with Gasteiger partial charge in [0.1, 0.15) is 5.75 Å². The molecule has 4 aromatic carbocycles. The molecule has 4 aromatic rings. The van der Waals surface area contributed by atoms with Crippen LogP contribution in [-0.4, -0.2) is 7.11 Å². The molecule has 0 aromatic heterocycles. The summed E-state index contributed by atoms with van der Waals surface area (Å²) in [6.07, 6.45) is 0. The molecule has 0 saturated heterocycles. The van der Waals surface area contributed by atoms with Crippen LogP contribution in [0.4, 0.5) is 0 Å². The Morgan fingerprint density at radius 1 is 0.654 bits per heavy atom. The number of hydrogen-bond donors (Lipinski definition) is 0. The van der Waals surface area contributed by atoms with Crippen LogP contribution in [0, 0.1) is 0 Å². The highest BCUT2D eigenvalue weighted by Gasteiger charge is 2.32. The second kappa shape index (κ2) is 6.82. The van der Waals surface area contributed by atoms with Gasteiger partial charge in [-0.3, -0.25) is 0 Å². The predicted molar refractivity (Wildman–Crippen MR) is 110 cm³/mol. The summed E-state index contributed by atoms with van der Waals surface area (Å²) in [5.74, 6) is 0.646. The smallest absolute Gasteiger partial charge is 0.174 e. The van der Waals surface area contributed by atoms with Crippen molar-refractivity contribution in [2.24, 2.45) is 0 Å². The highest BCUT2D eigenvalue weighted by Crippen LogP contribution is 2.45. The molecule has 0 spiro atoms. The van der Waals surface area contributed by atoms with Crippen molar-refractivity contribution < 1.29 is 9.30 Å². The summed E-state index contributed by atoms with van der Waals surface area (Å²) in [7, 11) is -1.44. The van der Waals surface area contributed by atoms with Crippen molar-refractivity contribution in [1.82, 2.24) is 0 Å². The average molecular weight is 358 g/mol. The van der Waals surface area contributed by atoms with Gasteiger partial charge in [0.05, 0.1) is 12.4 Å². The van der Waals surface area contributed by atoms with E-state index in [4.69, 9.17) is 4.74 Å². The number of methoxy groups -OCH3 is 1. The largest absolute Gasteiger partial charge is 0.496 e. The average Bonchev–Trinajstić information content (AvgIpc) is 2.73. The molecule has 0 aliphatic rings. The Kier molecular flexibility index (Phi) is 4.36. The molecule has 0 unspecified atom stereocenters. The van der Waals surface area contributed by atoms with E-state index in [1.807, 2.05) is 84.9 Å². The maximum Gasteiger partial charge on any atom is 0.174 e. The molecule has 0 fully saturated rings. The van der Waals surface area contributed by atoms with E-state index in [2.05, 4.69) is 12.1 Å². The molecule has 0 aliphatic heterocycles. The standard InChI is InChI=1S/C23H19O2P/c1-25-22-13-7-8-14-23(22)26(24,20-11-3-2-4-12-20)21-16-15-18-9-5-6-10-19(18)17-21/h2-17H,1H3/t26-/m1/s1. The van der Waals surface area contributed by atoms with Crippen LogP contribution in [0.2, 0.25) is 0 Å². The van der Waals surface area contributed by atoms with Gasteiger partial charge in [-0.1, -0.05) is 78.9 Å². The lowest BCUT2D eigenvalue weighted by Crippen LogP contribution is -2.26. The van der Waals surface area contributed by atoms with Crippen LogP contribution in [-0.2, 0) is 4.57 Å². The molecule has 0 radical (unpaired) electrons. The molecular formula is C23H19O2P. The highest BCUT2D eigenvalue weighted by atomic mass is 31.2. The summed E-state index contributed by atoms with van der Waals surface area (Å²) < 4.78 is 20.1. The van der Waals surface area contributed by atoms with Crippen LogP contribution in [0.5, 0.6) is 5.75 Å². The van der Waals surface area contributed by atoms with Crippen molar-refractivity contribution in [2.75, 3.05) is 7.11 Å². The molecule has 0 amide bonds. The van der Waals surface area contributed by atoms with Gasteiger partial charge < -0.3 is 9.30 Å². The summed E-state index contributed by atoms with van der Waals surface area (Å²) in [6, 6.07) is 31.4. The van der Waals surface area contributed by atoms with E-state index in [0.717, 1.165) is 26.7 Å². The van der Waals surface area contributed by atoms with Crippen LogP contribution in [0.3, 0.4) is 0 Å². The molecule has 0 N–H and O–H groups in total. The summed E-state index contributed by atoms with van der Waals surface area (Å²) in [5, 5.41) is 4.56. The first kappa shape index (κ1) is 16.6. The third-order valence-electron chi connectivity index (χ3n) is 4.64. The third kappa shape index (κ3) is 2.73. The Morgan fingerprint density at radius 3 is 2.08 bits per heavy atom. The molecule has 2 nitrogen and oxygen atoms in total. The zero-order chi connectivity index (χ0) is 18.0. The Morgan fingerprint density at radius 2 is 1.31 bits per heavy atom. The summed E-state index contributed by atoms with van der Waals surface area (Å²) in [6.45, 7) is 0. The first-order valence-electron chi connectivity index (χ1n) is 8.52. The van der Waals surface area contributed by atoms with Gasteiger partial charge in [-0.2, -0.15) is 0 Å². The first-order valence-corrected chi connectivity index (χ1v) is 10.2. The van der Waals surface area contributed by atoms with E-state index in [0.29, 0.717) is 5.75 Å². The minimum Gasteiger partial charge on any atom is -0.496 e. The minimum absolute atomic E-state index is 0.646. The van der Waals surface area contributed by atoms with E-state index in [-0.39, 0.29) is 0 Å². The van der Waals surface area contributed by atoms with Gasteiger partial charge in [0, 0.05) is 10.6 Å². The zero-order valence-electron chi connectivity index (χ0n) is 14.5. The summed E-state index contributed by atoms with van der Waals surface area (Å²) in [5.41, 5.74) is 0. The molecule has 0 heterocycles. The third-order valence-corrected chi connectivity index (χ3v) is 7.72. The predicted octanol–water partition coefficient (Wildman–Crippen LogP) is 4.49. The Labute approximate surface area is 153 Å². The maximum atomic E-state index is 14.6. The Bertz CT molecular complexity index is 1100. The topological polar surface area (TPSA) is 26.3 Å². The molecule has 0 aliphatic carbocycles. The van der Waals surface area contributed by atoms with E-state index < -0.39 is 7.14 Å². The van der Waals surface area contributed by atoms with Crippen molar-refractivity contribution in [2.45, 2.75) is 0 Å². The van der Waals surface area contributed by atoms with Gasteiger partial charge in [0.25, 0.3) is 0 Å². The lowest BCUT2D eigenvalue weighted by molar-refractivity contribution is 0.418. The maximum absolute atomic E-state index is 14.6. The van der Waals surface area contributed by atoms with Gasteiger partial charge in [-0.15, -0.1) is 0 Å². The van der Waals surface area contributed by atoms with Crippen LogP contribution < -0.4 is 20.7 Å². The number of para-hydroxylation sites is 1. The molecule has 0 bridgehead atoms. The Balaban J connectivity index is 2.04. The van der Waals surface area contributed by atoms with Crippen molar-refractivity contribution in [3.63, 3.8) is 0 Å². The lowest BCUT2D eigenvalue weighted by Gasteiger charge is -2.22. The van der Waals surface area contributed by atoms with Gasteiger partial charge in [0.15, 0.2) is 7.14 Å². The fraction of sp³-hybridized carbons (Fsp3) is 0.0435. The number of benzene rings is 4. The van der Waals surface area contributed by atoms with Gasteiger partial charge >= 0.3 is 0 Å². The molecule has 0 saturated carbocycles. The van der Waals surface area contributed by atoms with Crippen LogP contribution in [0.15, 0.2) is 97.1 Å². The molecule has 128 valence electrons.